The van der Waals surface area contributed by atoms with Crippen LogP contribution in [0.3, 0.4) is 0 Å². The van der Waals surface area contributed by atoms with Crippen LogP contribution in [0.1, 0.15) is 28.0 Å². The first-order valence-electron chi connectivity index (χ1n) is 8.97. The van der Waals surface area contributed by atoms with Gasteiger partial charge in [0.15, 0.2) is 11.5 Å². The Morgan fingerprint density at radius 3 is 2.90 bits per heavy atom. The number of hydrogen-bond donors (Lipinski definition) is 2. The Bertz CT molecular complexity index is 1080. The molecule has 0 radical (unpaired) electrons. The molecule has 2 aliphatic heterocycles. The molecule has 2 aromatic rings. The van der Waals surface area contributed by atoms with Gasteiger partial charge in [-0.3, -0.25) is 4.79 Å². The minimum Gasteiger partial charge on any atom is -0.465 e. The molecule has 2 aliphatic rings. The zero-order valence-electron chi connectivity index (χ0n) is 15.4. The van der Waals surface area contributed by atoms with E-state index in [0.717, 1.165) is 10.4 Å². The number of thiophene rings is 1. The molecule has 4 rings (SSSR count). The Morgan fingerprint density at radius 1 is 1.37 bits per heavy atom. The quantitative estimate of drug-likeness (QED) is 0.760. The number of nitriles is 1. The monoisotopic (exact) mass is 435 g/mol. The molecule has 0 atom stereocenters. The molecule has 0 spiro atoms. The number of anilines is 1. The molecule has 0 unspecified atom stereocenters. The summed E-state index contributed by atoms with van der Waals surface area (Å²) >= 11 is 1.17. The van der Waals surface area contributed by atoms with Crippen LogP contribution in [-0.2, 0) is 24.2 Å². The van der Waals surface area contributed by atoms with Gasteiger partial charge < -0.3 is 24.8 Å². The maximum absolute atomic E-state index is 13.3. The first-order valence-corrected chi connectivity index (χ1v) is 9.79. The van der Waals surface area contributed by atoms with Gasteiger partial charge in [0.05, 0.1) is 12.1 Å². The number of ether oxygens (including phenoxy) is 2. The predicted molar refractivity (Wildman–Crippen MR) is 101 cm³/mol. The van der Waals surface area contributed by atoms with Gasteiger partial charge in [-0.05, 0) is 30.0 Å². The van der Waals surface area contributed by atoms with Gasteiger partial charge >= 0.3 is 12.4 Å². The lowest BCUT2D eigenvalue weighted by molar-refractivity contribution is -0.286. The van der Waals surface area contributed by atoms with Gasteiger partial charge in [0.2, 0.25) is 5.91 Å². The molecule has 0 aliphatic carbocycles. The first kappa shape index (κ1) is 19.9. The SMILES string of the molecule is N#Cc1c(NC(=O)CCc2cccc3c2OC(F)(F)O3)sc2c1CCN(C(=O)O)C2. The highest BCUT2D eigenvalue weighted by molar-refractivity contribution is 7.16. The number of fused-ring (bicyclic) bond motifs is 2. The zero-order valence-corrected chi connectivity index (χ0v) is 16.2. The summed E-state index contributed by atoms with van der Waals surface area (Å²) in [5.74, 6) is -0.574. The molecule has 11 heteroatoms. The van der Waals surface area contributed by atoms with Gasteiger partial charge in [0.25, 0.3) is 0 Å². The minimum absolute atomic E-state index is 0.0277. The number of para-hydroxylation sites is 1. The number of nitrogens with zero attached hydrogens (tertiary/aromatic N) is 2. The number of rotatable bonds is 4. The van der Waals surface area contributed by atoms with Crippen molar-refractivity contribution in [1.29, 1.82) is 5.26 Å². The summed E-state index contributed by atoms with van der Waals surface area (Å²) < 4.78 is 35.5. The average Bonchev–Trinajstić information content (AvgIpc) is 3.20. The Morgan fingerprint density at radius 2 is 2.17 bits per heavy atom. The van der Waals surface area contributed by atoms with Gasteiger partial charge in [0, 0.05) is 17.8 Å². The number of carbonyl (C=O) groups is 2. The van der Waals surface area contributed by atoms with Crippen molar-refractivity contribution in [1.82, 2.24) is 4.90 Å². The van der Waals surface area contributed by atoms with Crippen molar-refractivity contribution in [3.05, 3.63) is 39.8 Å². The number of carbonyl (C=O) groups excluding carboxylic acids is 1. The molecule has 2 N–H and O–H groups in total. The van der Waals surface area contributed by atoms with Crippen molar-refractivity contribution >= 4 is 28.3 Å². The fourth-order valence-electron chi connectivity index (χ4n) is 3.43. The normalized spacial score (nSPS) is 16.0. The standard InChI is InChI=1S/C19H15F2N3O5S/c20-19(21)28-13-3-1-2-10(16(13)29-19)4-5-15(25)23-17-12(8-22)11-6-7-24(18(26)27)9-14(11)30-17/h1-3H,4-7,9H2,(H,23,25)(H,26,27). The number of benzene rings is 1. The molecule has 0 bridgehead atoms. The van der Waals surface area contributed by atoms with Gasteiger partial charge in [-0.2, -0.15) is 5.26 Å². The summed E-state index contributed by atoms with van der Waals surface area (Å²) in [4.78, 5) is 25.6. The highest BCUT2D eigenvalue weighted by Crippen LogP contribution is 2.43. The molecule has 30 heavy (non-hydrogen) atoms. The fraction of sp³-hybridized carbons (Fsp3) is 0.316. The van der Waals surface area contributed by atoms with Gasteiger partial charge in [-0.1, -0.05) is 12.1 Å². The molecule has 0 saturated carbocycles. The third-order valence-electron chi connectivity index (χ3n) is 4.82. The average molecular weight is 435 g/mol. The molecule has 156 valence electrons. The molecular weight excluding hydrogens is 420 g/mol. The van der Waals surface area contributed by atoms with Crippen molar-refractivity contribution in [3.63, 3.8) is 0 Å². The fourth-order valence-corrected chi connectivity index (χ4v) is 4.66. The minimum atomic E-state index is -3.73. The van der Waals surface area contributed by atoms with Crippen LogP contribution < -0.4 is 14.8 Å². The predicted octanol–water partition coefficient (Wildman–Crippen LogP) is 3.55. The van der Waals surface area contributed by atoms with Crippen LogP contribution in [0, 0.1) is 11.3 Å². The molecule has 0 saturated heterocycles. The van der Waals surface area contributed by atoms with Crippen molar-refractivity contribution in [3.8, 4) is 17.6 Å². The van der Waals surface area contributed by atoms with E-state index in [4.69, 9.17) is 5.11 Å². The third-order valence-corrected chi connectivity index (χ3v) is 5.96. The van der Waals surface area contributed by atoms with Crippen molar-refractivity contribution < 1.29 is 33.0 Å². The zero-order chi connectivity index (χ0) is 21.5. The number of halogens is 2. The summed E-state index contributed by atoms with van der Waals surface area (Å²) in [7, 11) is 0. The number of aryl methyl sites for hydroxylation is 1. The van der Waals surface area contributed by atoms with Gasteiger partial charge in [-0.25, -0.2) is 4.79 Å². The summed E-state index contributed by atoms with van der Waals surface area (Å²) in [5.41, 5.74) is 1.50. The van der Waals surface area contributed by atoms with Crippen LogP contribution in [0.15, 0.2) is 18.2 Å². The Labute approximate surface area is 173 Å². The topological polar surface area (TPSA) is 112 Å². The van der Waals surface area contributed by atoms with Crippen LogP contribution in [0.25, 0.3) is 0 Å². The molecular formula is C19H15F2N3O5S. The smallest absolute Gasteiger partial charge is 0.465 e. The van der Waals surface area contributed by atoms with Crippen LogP contribution >= 0.6 is 11.3 Å². The molecule has 3 heterocycles. The Hall–Kier alpha value is -3.39. The lowest BCUT2D eigenvalue weighted by Crippen LogP contribution is -2.34. The van der Waals surface area contributed by atoms with Crippen LogP contribution in [-0.4, -0.2) is 34.8 Å². The highest BCUT2D eigenvalue weighted by Gasteiger charge is 2.44. The third kappa shape index (κ3) is 3.73. The summed E-state index contributed by atoms with van der Waals surface area (Å²) in [6.07, 6.45) is -4.26. The number of amides is 2. The van der Waals surface area contributed by atoms with E-state index >= 15 is 0 Å². The molecule has 2 amide bonds. The number of alkyl halides is 2. The van der Waals surface area contributed by atoms with Crippen LogP contribution in [0.2, 0.25) is 0 Å². The van der Waals surface area contributed by atoms with Crippen molar-refractivity contribution in [2.75, 3.05) is 11.9 Å². The molecule has 8 nitrogen and oxygen atoms in total. The maximum atomic E-state index is 13.3. The second-order valence-electron chi connectivity index (χ2n) is 6.73. The molecule has 0 fully saturated rings. The van der Waals surface area contributed by atoms with E-state index in [-0.39, 0.29) is 37.4 Å². The summed E-state index contributed by atoms with van der Waals surface area (Å²) in [5, 5.41) is 21.7. The maximum Gasteiger partial charge on any atom is 0.586 e. The van der Waals surface area contributed by atoms with Gasteiger partial charge in [0.1, 0.15) is 11.1 Å². The first-order chi connectivity index (χ1) is 14.3. The van der Waals surface area contributed by atoms with E-state index in [9.17, 15) is 23.6 Å². The van der Waals surface area contributed by atoms with Crippen LogP contribution in [0.5, 0.6) is 11.5 Å². The number of nitrogens with one attached hydrogen (secondary N) is 1. The lowest BCUT2D eigenvalue weighted by atomic mass is 10.0. The summed E-state index contributed by atoms with van der Waals surface area (Å²) in [6, 6.07) is 6.54. The Balaban J connectivity index is 1.45. The lowest BCUT2D eigenvalue weighted by Gasteiger charge is -2.23. The van der Waals surface area contributed by atoms with E-state index < -0.39 is 18.3 Å². The van der Waals surface area contributed by atoms with E-state index in [1.54, 1.807) is 6.07 Å². The summed E-state index contributed by atoms with van der Waals surface area (Å²) in [6.45, 7) is 0.453. The molecule has 1 aromatic carbocycles. The van der Waals surface area contributed by atoms with Crippen molar-refractivity contribution in [2.24, 2.45) is 0 Å². The highest BCUT2D eigenvalue weighted by atomic mass is 32.1. The second-order valence-corrected chi connectivity index (χ2v) is 7.84. The van der Waals surface area contributed by atoms with E-state index in [1.807, 2.05) is 0 Å². The second kappa shape index (κ2) is 7.46. The van der Waals surface area contributed by atoms with E-state index in [0.29, 0.717) is 22.5 Å². The number of hydrogen-bond acceptors (Lipinski definition) is 6. The Kier molecular flexibility index (Phi) is 4.95. The van der Waals surface area contributed by atoms with E-state index in [1.165, 1.54) is 28.4 Å². The van der Waals surface area contributed by atoms with Gasteiger partial charge in [-0.15, -0.1) is 20.1 Å². The largest absolute Gasteiger partial charge is 0.586 e. The van der Waals surface area contributed by atoms with Crippen molar-refractivity contribution in [2.45, 2.75) is 32.1 Å². The van der Waals surface area contributed by atoms with E-state index in [2.05, 4.69) is 20.9 Å². The molecule has 1 aromatic heterocycles. The number of carboxylic acid groups (broad SMARTS) is 1. The van der Waals surface area contributed by atoms with Crippen LogP contribution in [0.4, 0.5) is 18.6 Å².